The highest BCUT2D eigenvalue weighted by Gasteiger charge is 2.41. The summed E-state index contributed by atoms with van der Waals surface area (Å²) in [7, 11) is 3.72. The average molecular weight is 495 g/mol. The molecule has 7 heteroatoms. The number of benzene rings is 3. The Bertz CT molecular complexity index is 1490. The molecule has 2 aliphatic rings. The highest BCUT2D eigenvalue weighted by atomic mass is 16.5. The molecule has 1 N–H and O–H groups in total. The van der Waals surface area contributed by atoms with Crippen LogP contribution in [0.15, 0.2) is 72.8 Å². The molecular formula is C30H30N4O3. The van der Waals surface area contributed by atoms with Crippen molar-refractivity contribution in [3.05, 3.63) is 89.5 Å². The number of fused-ring (bicyclic) bond motifs is 2. The predicted octanol–water partition coefficient (Wildman–Crippen LogP) is 4.16. The maximum Gasteiger partial charge on any atom is 0.255 e. The van der Waals surface area contributed by atoms with E-state index in [0.717, 1.165) is 52.1 Å². The molecule has 2 amide bonds. The predicted molar refractivity (Wildman–Crippen MR) is 144 cm³/mol. The zero-order valence-electron chi connectivity index (χ0n) is 21.1. The second-order valence-corrected chi connectivity index (χ2v) is 9.80. The van der Waals surface area contributed by atoms with E-state index < -0.39 is 6.04 Å². The normalized spacial score (nSPS) is 17.9. The molecule has 1 saturated heterocycles. The minimum absolute atomic E-state index is 0.0120. The van der Waals surface area contributed by atoms with Gasteiger partial charge in [-0.1, -0.05) is 48.5 Å². The number of hydrogen-bond donors (Lipinski definition) is 1. The molecule has 3 aromatic carbocycles. The van der Waals surface area contributed by atoms with Gasteiger partial charge in [-0.3, -0.25) is 9.59 Å². The molecule has 4 aromatic rings. The minimum atomic E-state index is -0.391. The van der Waals surface area contributed by atoms with Crippen LogP contribution in [-0.4, -0.2) is 78.4 Å². The number of piperazine rings is 1. The first-order valence-corrected chi connectivity index (χ1v) is 12.7. The Balaban J connectivity index is 1.49. The van der Waals surface area contributed by atoms with E-state index in [2.05, 4.69) is 23.0 Å². The van der Waals surface area contributed by atoms with Gasteiger partial charge in [0, 0.05) is 53.8 Å². The van der Waals surface area contributed by atoms with Crippen molar-refractivity contribution in [2.75, 3.05) is 46.9 Å². The molecule has 188 valence electrons. The molecule has 0 saturated carbocycles. The molecule has 0 bridgehead atoms. The Morgan fingerprint density at radius 1 is 0.973 bits per heavy atom. The fourth-order valence-corrected chi connectivity index (χ4v) is 5.60. The van der Waals surface area contributed by atoms with Crippen molar-refractivity contribution in [3.8, 4) is 17.0 Å². The van der Waals surface area contributed by atoms with Gasteiger partial charge in [-0.05, 0) is 36.9 Å². The van der Waals surface area contributed by atoms with Crippen LogP contribution in [0.1, 0.15) is 27.5 Å². The third-order valence-electron chi connectivity index (χ3n) is 7.60. The summed E-state index contributed by atoms with van der Waals surface area (Å²) in [4.78, 5) is 36.7. The van der Waals surface area contributed by atoms with Crippen LogP contribution in [-0.2, 0) is 4.79 Å². The Morgan fingerprint density at radius 3 is 2.54 bits per heavy atom. The van der Waals surface area contributed by atoms with Crippen molar-refractivity contribution in [1.82, 2.24) is 19.7 Å². The largest absolute Gasteiger partial charge is 0.497 e. The third-order valence-corrected chi connectivity index (χ3v) is 7.60. The number of H-pyrrole nitrogens is 1. The van der Waals surface area contributed by atoms with Crippen molar-refractivity contribution in [1.29, 1.82) is 0 Å². The van der Waals surface area contributed by atoms with Crippen molar-refractivity contribution < 1.29 is 14.3 Å². The highest BCUT2D eigenvalue weighted by Crippen LogP contribution is 2.45. The van der Waals surface area contributed by atoms with Gasteiger partial charge in [-0.2, -0.15) is 0 Å². The Kier molecular flexibility index (Phi) is 5.93. The molecule has 0 aliphatic carbocycles. The van der Waals surface area contributed by atoms with Gasteiger partial charge in [0.25, 0.3) is 5.91 Å². The zero-order valence-corrected chi connectivity index (χ0v) is 21.1. The van der Waals surface area contributed by atoms with Crippen molar-refractivity contribution in [2.24, 2.45) is 0 Å². The fourth-order valence-electron chi connectivity index (χ4n) is 5.60. The summed E-state index contributed by atoms with van der Waals surface area (Å²) in [6.07, 6.45) is 0. The topological polar surface area (TPSA) is 68.9 Å². The van der Waals surface area contributed by atoms with Crippen molar-refractivity contribution >= 4 is 22.7 Å². The van der Waals surface area contributed by atoms with E-state index in [1.54, 1.807) is 12.0 Å². The van der Waals surface area contributed by atoms with Gasteiger partial charge < -0.3 is 24.4 Å². The summed E-state index contributed by atoms with van der Waals surface area (Å²) in [5, 5.41) is 1.03. The van der Waals surface area contributed by atoms with Gasteiger partial charge in [0.05, 0.1) is 18.8 Å². The summed E-state index contributed by atoms with van der Waals surface area (Å²) in [5.74, 6) is 0.638. The van der Waals surface area contributed by atoms with Gasteiger partial charge in [0.2, 0.25) is 5.91 Å². The maximum atomic E-state index is 13.8. The Hall–Kier alpha value is -4.10. The number of aromatic amines is 1. The number of carbonyl (C=O) groups is 2. The van der Waals surface area contributed by atoms with Crippen LogP contribution in [0.3, 0.4) is 0 Å². The van der Waals surface area contributed by atoms with E-state index in [9.17, 15) is 9.59 Å². The number of nitrogens with zero attached hydrogens (tertiary/aromatic N) is 3. The quantitative estimate of drug-likeness (QED) is 0.452. The maximum absolute atomic E-state index is 13.8. The summed E-state index contributed by atoms with van der Waals surface area (Å²) in [6.45, 7) is 3.07. The lowest BCUT2D eigenvalue weighted by molar-refractivity contribution is -0.133. The van der Waals surface area contributed by atoms with Gasteiger partial charge in [0.1, 0.15) is 12.3 Å². The van der Waals surface area contributed by atoms with E-state index in [1.807, 2.05) is 71.6 Å². The van der Waals surface area contributed by atoms with E-state index in [-0.39, 0.29) is 18.4 Å². The minimum Gasteiger partial charge on any atom is -0.497 e. The number of likely N-dealkylation sites (N-methyl/N-ethyl adjacent to an activating group) is 1. The second kappa shape index (κ2) is 9.41. The molecule has 0 unspecified atom stereocenters. The molecule has 3 heterocycles. The number of nitrogens with one attached hydrogen (secondary N) is 1. The molecule has 6 rings (SSSR count). The first-order chi connectivity index (χ1) is 18.0. The lowest BCUT2D eigenvalue weighted by atomic mass is 9.93. The van der Waals surface area contributed by atoms with Gasteiger partial charge >= 0.3 is 0 Å². The monoisotopic (exact) mass is 494 g/mol. The average Bonchev–Trinajstić information content (AvgIpc) is 3.44. The molecule has 0 radical (unpaired) electrons. The van der Waals surface area contributed by atoms with Crippen LogP contribution < -0.4 is 4.74 Å². The van der Waals surface area contributed by atoms with Crippen molar-refractivity contribution in [2.45, 2.75) is 6.04 Å². The summed E-state index contributed by atoms with van der Waals surface area (Å²) in [6, 6.07) is 23.4. The Labute approximate surface area is 216 Å². The van der Waals surface area contributed by atoms with Crippen LogP contribution in [0.5, 0.6) is 5.75 Å². The number of para-hydroxylation sites is 1. The van der Waals surface area contributed by atoms with Gasteiger partial charge in [-0.15, -0.1) is 0 Å². The summed E-state index contributed by atoms with van der Waals surface area (Å²) >= 11 is 0. The second-order valence-electron chi connectivity index (χ2n) is 9.80. The van der Waals surface area contributed by atoms with Crippen LogP contribution in [0, 0.1) is 0 Å². The number of methoxy groups -OCH3 is 1. The standard InChI is InChI=1S/C30H30N4O3/c1-32-14-16-33(17-15-32)26(35)19-34-29(22-10-3-4-11-23(22)30(34)36)27-24-12-5-6-13-25(24)31-28(27)20-8-7-9-21(18-20)37-2/h3-13,18,29,31H,14-17,19H2,1-2H3/t29-/m1/s1. The van der Waals surface area contributed by atoms with Crippen LogP contribution in [0.25, 0.3) is 22.2 Å². The molecule has 0 spiro atoms. The summed E-state index contributed by atoms with van der Waals surface area (Å²) < 4.78 is 5.51. The lowest BCUT2D eigenvalue weighted by Gasteiger charge is -2.34. The Morgan fingerprint density at radius 2 is 1.73 bits per heavy atom. The van der Waals surface area contributed by atoms with Gasteiger partial charge in [-0.25, -0.2) is 0 Å². The first kappa shape index (κ1) is 23.3. The first-order valence-electron chi connectivity index (χ1n) is 12.7. The number of carbonyl (C=O) groups excluding carboxylic acids is 2. The van der Waals surface area contributed by atoms with E-state index in [1.165, 1.54) is 0 Å². The van der Waals surface area contributed by atoms with E-state index in [4.69, 9.17) is 4.74 Å². The molecule has 1 aromatic heterocycles. The molecular weight excluding hydrogens is 464 g/mol. The molecule has 7 nitrogen and oxygen atoms in total. The molecule has 1 fully saturated rings. The number of ether oxygens (including phenoxy) is 1. The molecule has 2 aliphatic heterocycles. The number of hydrogen-bond acceptors (Lipinski definition) is 4. The van der Waals surface area contributed by atoms with Crippen molar-refractivity contribution in [3.63, 3.8) is 0 Å². The van der Waals surface area contributed by atoms with Crippen LogP contribution in [0.2, 0.25) is 0 Å². The molecule has 1 atom stereocenters. The van der Waals surface area contributed by atoms with Crippen LogP contribution >= 0.6 is 0 Å². The smallest absolute Gasteiger partial charge is 0.255 e. The van der Waals surface area contributed by atoms with E-state index >= 15 is 0 Å². The number of aromatic nitrogens is 1. The summed E-state index contributed by atoms with van der Waals surface area (Å²) in [5.41, 5.74) is 5.44. The fraction of sp³-hybridized carbons (Fsp3) is 0.267. The van der Waals surface area contributed by atoms with Crippen LogP contribution in [0.4, 0.5) is 0 Å². The van der Waals surface area contributed by atoms with Gasteiger partial charge in [0.15, 0.2) is 0 Å². The highest BCUT2D eigenvalue weighted by molar-refractivity contribution is 6.03. The number of rotatable bonds is 5. The lowest BCUT2D eigenvalue weighted by Crippen LogP contribution is -2.50. The third kappa shape index (κ3) is 4.05. The molecule has 37 heavy (non-hydrogen) atoms. The number of amides is 2. The SMILES string of the molecule is COc1cccc(-c2[nH]c3ccccc3c2[C@H]2c3ccccc3C(=O)N2CC(=O)N2CCN(C)CC2)c1. The zero-order chi connectivity index (χ0) is 25.5. The van der Waals surface area contributed by atoms with E-state index in [0.29, 0.717) is 18.7 Å².